The zero-order valence-corrected chi connectivity index (χ0v) is 21.3. The number of nitrogens with one attached hydrogen (secondary N) is 2. The maximum atomic E-state index is 12.5. The van der Waals surface area contributed by atoms with E-state index in [-0.39, 0.29) is 18.4 Å². The number of hydrogen-bond donors (Lipinski definition) is 2. The minimum Gasteiger partial charge on any atom is -0.484 e. The third-order valence-corrected chi connectivity index (χ3v) is 5.68. The smallest absolute Gasteiger partial charge is 0.271 e. The van der Waals surface area contributed by atoms with Gasteiger partial charge in [0.1, 0.15) is 5.75 Å². The lowest BCUT2D eigenvalue weighted by Gasteiger charge is -2.09. The molecule has 8 nitrogen and oxygen atoms in total. The van der Waals surface area contributed by atoms with Crippen LogP contribution in [0.2, 0.25) is 10.0 Å². The number of anilines is 1. The largest absolute Gasteiger partial charge is 0.484 e. The molecule has 0 aliphatic rings. The molecule has 2 N–H and O–H groups in total. The zero-order valence-electron chi connectivity index (χ0n) is 19.8. The molecule has 0 unspecified atom stereocenters. The summed E-state index contributed by atoms with van der Waals surface area (Å²) < 4.78 is 7.18. The minimum atomic E-state index is -0.336. The van der Waals surface area contributed by atoms with Gasteiger partial charge in [0.2, 0.25) is 0 Å². The van der Waals surface area contributed by atoms with Gasteiger partial charge in [0.15, 0.2) is 6.61 Å². The van der Waals surface area contributed by atoms with E-state index in [9.17, 15) is 9.59 Å². The summed E-state index contributed by atoms with van der Waals surface area (Å²) in [5.74, 6) is -0.101. The van der Waals surface area contributed by atoms with Crippen LogP contribution >= 0.6 is 23.2 Å². The molecular formula is C27H23Cl2N5O3. The van der Waals surface area contributed by atoms with Crippen LogP contribution in [0.5, 0.6) is 5.75 Å². The number of carbonyl (C=O) groups excluding carboxylic acids is 2. The van der Waals surface area contributed by atoms with E-state index >= 15 is 0 Å². The van der Waals surface area contributed by atoms with Crippen molar-refractivity contribution in [2.24, 2.45) is 5.10 Å². The first-order valence-electron chi connectivity index (χ1n) is 11.3. The van der Waals surface area contributed by atoms with E-state index in [0.29, 0.717) is 39.3 Å². The van der Waals surface area contributed by atoms with Gasteiger partial charge >= 0.3 is 0 Å². The molecule has 4 aromatic rings. The molecule has 0 aliphatic heterocycles. The van der Waals surface area contributed by atoms with E-state index in [1.807, 2.05) is 18.2 Å². The lowest BCUT2D eigenvalue weighted by Crippen LogP contribution is -2.21. The summed E-state index contributed by atoms with van der Waals surface area (Å²) in [5, 5.41) is 12.3. The number of carbonyl (C=O) groups is 2. The SMILES string of the molecule is C/C(=N/NC(=O)c1ccc(Cn2cc(Cl)cn2)cc1)c1cccc(NC(=O)COc2ccc(Cl)cc2)c1. The number of halogens is 2. The van der Waals surface area contributed by atoms with E-state index in [4.69, 9.17) is 27.9 Å². The van der Waals surface area contributed by atoms with Crippen LogP contribution in [-0.4, -0.2) is 33.9 Å². The van der Waals surface area contributed by atoms with Crippen LogP contribution in [0.3, 0.4) is 0 Å². The number of benzene rings is 3. The molecule has 0 saturated heterocycles. The van der Waals surface area contributed by atoms with Gasteiger partial charge in [-0.15, -0.1) is 0 Å². The fraction of sp³-hybridized carbons (Fsp3) is 0.111. The first-order valence-corrected chi connectivity index (χ1v) is 12.0. The maximum Gasteiger partial charge on any atom is 0.271 e. The van der Waals surface area contributed by atoms with Crippen molar-refractivity contribution in [3.8, 4) is 5.75 Å². The number of hydrogen-bond acceptors (Lipinski definition) is 5. The molecule has 0 bridgehead atoms. The van der Waals surface area contributed by atoms with Crippen LogP contribution in [0, 0.1) is 0 Å². The van der Waals surface area contributed by atoms with Gasteiger partial charge < -0.3 is 10.1 Å². The molecule has 3 aromatic carbocycles. The molecule has 4 rings (SSSR count). The van der Waals surface area contributed by atoms with Crippen LogP contribution in [0.25, 0.3) is 0 Å². The molecule has 0 fully saturated rings. The monoisotopic (exact) mass is 535 g/mol. The Balaban J connectivity index is 1.30. The molecule has 10 heteroatoms. The van der Waals surface area contributed by atoms with Gasteiger partial charge in [-0.1, -0.05) is 47.5 Å². The second-order valence-corrected chi connectivity index (χ2v) is 8.94. The molecule has 188 valence electrons. The van der Waals surface area contributed by atoms with Crippen molar-refractivity contribution in [3.63, 3.8) is 0 Å². The third kappa shape index (κ3) is 7.67. The van der Waals surface area contributed by atoms with Crippen LogP contribution in [-0.2, 0) is 11.3 Å². The van der Waals surface area contributed by atoms with Crippen molar-refractivity contribution in [1.29, 1.82) is 0 Å². The Bertz CT molecular complexity index is 1420. The van der Waals surface area contributed by atoms with Crippen LogP contribution < -0.4 is 15.5 Å². The topological polar surface area (TPSA) is 97.6 Å². The first-order chi connectivity index (χ1) is 17.9. The van der Waals surface area contributed by atoms with Crippen molar-refractivity contribution in [1.82, 2.24) is 15.2 Å². The average Bonchev–Trinajstić information content (AvgIpc) is 3.31. The summed E-state index contributed by atoms with van der Waals surface area (Å²) in [4.78, 5) is 24.8. The highest BCUT2D eigenvalue weighted by Crippen LogP contribution is 2.16. The molecule has 0 saturated carbocycles. The number of rotatable bonds is 9. The van der Waals surface area contributed by atoms with E-state index in [1.54, 1.807) is 78.6 Å². The van der Waals surface area contributed by atoms with Gasteiger partial charge in [-0.25, -0.2) is 5.43 Å². The fourth-order valence-electron chi connectivity index (χ4n) is 3.34. The molecule has 1 heterocycles. The van der Waals surface area contributed by atoms with Crippen LogP contribution in [0.4, 0.5) is 5.69 Å². The van der Waals surface area contributed by atoms with Crippen LogP contribution in [0.15, 0.2) is 90.3 Å². The predicted molar refractivity (Wildman–Crippen MR) is 144 cm³/mol. The van der Waals surface area contributed by atoms with E-state index in [2.05, 4.69) is 20.9 Å². The summed E-state index contributed by atoms with van der Waals surface area (Å²) >= 11 is 11.7. The molecule has 1 aromatic heterocycles. The Morgan fingerprint density at radius 3 is 2.43 bits per heavy atom. The lowest BCUT2D eigenvalue weighted by atomic mass is 10.1. The highest BCUT2D eigenvalue weighted by atomic mass is 35.5. The number of ether oxygens (including phenoxy) is 1. The highest BCUT2D eigenvalue weighted by molar-refractivity contribution is 6.30. The average molecular weight is 536 g/mol. The Labute approximate surface area is 223 Å². The molecule has 37 heavy (non-hydrogen) atoms. The van der Waals surface area contributed by atoms with Gasteiger partial charge in [-0.2, -0.15) is 10.2 Å². The Morgan fingerprint density at radius 2 is 1.73 bits per heavy atom. The summed E-state index contributed by atoms with van der Waals surface area (Å²) in [6.45, 7) is 2.17. The fourth-order valence-corrected chi connectivity index (χ4v) is 3.62. The van der Waals surface area contributed by atoms with Gasteiger partial charge in [0.25, 0.3) is 11.8 Å². The molecule has 2 amide bonds. The number of nitrogens with zero attached hydrogens (tertiary/aromatic N) is 3. The molecule has 0 atom stereocenters. The van der Waals surface area contributed by atoms with Gasteiger partial charge in [0.05, 0.1) is 23.5 Å². The Morgan fingerprint density at radius 1 is 0.973 bits per heavy atom. The third-order valence-electron chi connectivity index (χ3n) is 5.24. The standard InChI is InChI=1S/C27H23Cl2N5O3/c1-18(32-33-27(36)20-7-5-19(6-8-20)15-34-16-23(29)14-30-34)21-3-2-4-24(13-21)31-26(35)17-37-25-11-9-22(28)10-12-25/h2-14,16H,15,17H2,1H3,(H,31,35)(H,33,36)/b32-18-. The van der Waals surface area contributed by atoms with E-state index in [0.717, 1.165) is 11.1 Å². The summed E-state index contributed by atoms with van der Waals surface area (Å²) in [6, 6.07) is 21.1. The second-order valence-electron chi connectivity index (χ2n) is 8.06. The van der Waals surface area contributed by atoms with E-state index in [1.165, 1.54) is 0 Å². The molecule has 0 aliphatic carbocycles. The van der Waals surface area contributed by atoms with Gasteiger partial charge in [0, 0.05) is 22.5 Å². The number of amides is 2. The summed E-state index contributed by atoms with van der Waals surface area (Å²) in [6.07, 6.45) is 3.31. The van der Waals surface area contributed by atoms with Crippen molar-refractivity contribution in [3.05, 3.63) is 112 Å². The molecule has 0 spiro atoms. The van der Waals surface area contributed by atoms with Crippen molar-refractivity contribution < 1.29 is 14.3 Å². The lowest BCUT2D eigenvalue weighted by molar-refractivity contribution is -0.118. The minimum absolute atomic E-state index is 0.149. The maximum absolute atomic E-state index is 12.5. The Kier molecular flexibility index (Phi) is 8.56. The second kappa shape index (κ2) is 12.2. The number of hydrazone groups is 1. The normalized spacial score (nSPS) is 11.2. The zero-order chi connectivity index (χ0) is 26.2. The quantitative estimate of drug-likeness (QED) is 0.221. The predicted octanol–water partition coefficient (Wildman–Crippen LogP) is 5.41. The summed E-state index contributed by atoms with van der Waals surface area (Å²) in [5.41, 5.74) is 5.92. The highest BCUT2D eigenvalue weighted by Gasteiger charge is 2.08. The Hall–Kier alpha value is -4.14. The molecular weight excluding hydrogens is 513 g/mol. The van der Waals surface area contributed by atoms with Gasteiger partial charge in [-0.05, 0) is 66.6 Å². The van der Waals surface area contributed by atoms with Crippen molar-refractivity contribution in [2.75, 3.05) is 11.9 Å². The number of aromatic nitrogens is 2. The summed E-state index contributed by atoms with van der Waals surface area (Å²) in [7, 11) is 0. The van der Waals surface area contributed by atoms with Crippen molar-refractivity contribution >= 4 is 46.4 Å². The first kappa shape index (κ1) is 25.9. The van der Waals surface area contributed by atoms with Crippen molar-refractivity contribution in [2.45, 2.75) is 13.5 Å². The molecule has 0 radical (unpaired) electrons. The van der Waals surface area contributed by atoms with Gasteiger partial charge in [-0.3, -0.25) is 14.3 Å². The van der Waals surface area contributed by atoms with Crippen LogP contribution in [0.1, 0.15) is 28.4 Å². The van der Waals surface area contributed by atoms with E-state index < -0.39 is 0 Å².